The zero-order valence-corrected chi connectivity index (χ0v) is 15.9. The third-order valence-corrected chi connectivity index (χ3v) is 6.96. The van der Waals surface area contributed by atoms with Gasteiger partial charge in [-0.3, -0.25) is 4.79 Å². The van der Waals surface area contributed by atoms with Gasteiger partial charge in [-0.05, 0) is 36.4 Å². The fourth-order valence-corrected chi connectivity index (χ4v) is 5.35. The van der Waals surface area contributed by atoms with E-state index in [1.165, 1.54) is 11.3 Å². The number of nitrogens with zero attached hydrogens (tertiary/aromatic N) is 3. The van der Waals surface area contributed by atoms with E-state index in [0.29, 0.717) is 47.9 Å². The summed E-state index contributed by atoms with van der Waals surface area (Å²) in [5.41, 5.74) is 1.09. The standard InChI is InChI=1S/C18H16N4O3S2/c19-11-13-7-10-26-18(13)20-17(23)12-5-8-22(9-6-12)16-14-3-1-2-4-15(14)27(24,25)21-16/h1-4,7,10,12H,5-6,8-9H2,(H,20,23). The third kappa shape index (κ3) is 3.22. The fraction of sp³-hybridized carbons (Fsp3) is 0.278. The van der Waals surface area contributed by atoms with Gasteiger partial charge in [-0.1, -0.05) is 12.1 Å². The average Bonchev–Trinajstić information content (AvgIpc) is 3.24. The Hall–Kier alpha value is -2.70. The maximum atomic E-state index is 12.5. The Morgan fingerprint density at radius 2 is 2.00 bits per heavy atom. The zero-order valence-electron chi connectivity index (χ0n) is 14.3. The molecule has 9 heteroatoms. The van der Waals surface area contributed by atoms with Crippen molar-refractivity contribution in [2.75, 3.05) is 18.4 Å². The SMILES string of the molecule is N#Cc1ccsc1NC(=O)C1CCN(C2=NS(=O)(=O)c3ccccc32)CC1. The number of amidine groups is 1. The molecule has 1 aromatic heterocycles. The summed E-state index contributed by atoms with van der Waals surface area (Å²) >= 11 is 1.33. The molecule has 1 fully saturated rings. The Morgan fingerprint density at radius 3 is 2.74 bits per heavy atom. The highest BCUT2D eigenvalue weighted by molar-refractivity contribution is 7.90. The Bertz CT molecular complexity index is 1070. The Labute approximate surface area is 161 Å². The molecule has 2 aliphatic rings. The topological polar surface area (TPSA) is 103 Å². The second kappa shape index (κ2) is 6.79. The molecule has 2 aliphatic heterocycles. The van der Waals surface area contributed by atoms with Crippen LogP contribution in [0.1, 0.15) is 24.0 Å². The molecule has 138 valence electrons. The fourth-order valence-electron chi connectivity index (χ4n) is 3.38. The number of amides is 1. The molecule has 4 rings (SSSR count). The first-order valence-electron chi connectivity index (χ1n) is 8.47. The molecule has 0 saturated carbocycles. The van der Waals surface area contributed by atoms with Crippen molar-refractivity contribution in [2.45, 2.75) is 17.7 Å². The number of carbonyl (C=O) groups excluding carboxylic acids is 1. The average molecular weight is 400 g/mol. The molecule has 0 aliphatic carbocycles. The number of likely N-dealkylation sites (tertiary alicyclic amines) is 1. The van der Waals surface area contributed by atoms with E-state index in [0.717, 1.165) is 0 Å². The third-order valence-electron chi connectivity index (χ3n) is 4.80. The summed E-state index contributed by atoms with van der Waals surface area (Å²) in [6.45, 7) is 1.10. The molecule has 1 amide bonds. The molecule has 1 aromatic carbocycles. The van der Waals surface area contributed by atoms with Crippen molar-refractivity contribution in [3.8, 4) is 6.07 Å². The number of benzene rings is 1. The summed E-state index contributed by atoms with van der Waals surface area (Å²) in [5, 5.41) is 14.2. The number of piperidine rings is 1. The van der Waals surface area contributed by atoms with Gasteiger partial charge in [-0.25, -0.2) is 0 Å². The first-order chi connectivity index (χ1) is 13.0. The summed E-state index contributed by atoms with van der Waals surface area (Å²) in [6.07, 6.45) is 1.20. The molecule has 0 unspecified atom stereocenters. The highest BCUT2D eigenvalue weighted by Gasteiger charge is 2.34. The van der Waals surface area contributed by atoms with Crippen LogP contribution in [0.15, 0.2) is 45.0 Å². The first-order valence-corrected chi connectivity index (χ1v) is 10.8. The quantitative estimate of drug-likeness (QED) is 0.834. The lowest BCUT2D eigenvalue weighted by atomic mass is 9.95. The summed E-state index contributed by atoms with van der Waals surface area (Å²) in [6, 6.07) is 10.5. The van der Waals surface area contributed by atoms with E-state index >= 15 is 0 Å². The van der Waals surface area contributed by atoms with Gasteiger partial charge in [0.2, 0.25) is 5.91 Å². The number of hydrogen-bond acceptors (Lipinski definition) is 6. The summed E-state index contributed by atoms with van der Waals surface area (Å²) in [7, 11) is -3.64. The van der Waals surface area contributed by atoms with Crippen LogP contribution >= 0.6 is 11.3 Å². The van der Waals surface area contributed by atoms with Crippen molar-refractivity contribution in [1.82, 2.24) is 4.90 Å². The second-order valence-electron chi connectivity index (χ2n) is 6.41. The van der Waals surface area contributed by atoms with E-state index in [4.69, 9.17) is 5.26 Å². The van der Waals surface area contributed by atoms with Crippen LogP contribution in [-0.2, 0) is 14.8 Å². The summed E-state index contributed by atoms with van der Waals surface area (Å²) in [5.74, 6) is 0.188. The number of sulfonamides is 1. The van der Waals surface area contributed by atoms with Crippen LogP contribution < -0.4 is 5.32 Å². The number of nitrogens with one attached hydrogen (secondary N) is 1. The number of rotatable bonds is 2. The van der Waals surface area contributed by atoms with E-state index in [9.17, 15) is 13.2 Å². The van der Waals surface area contributed by atoms with Crippen LogP contribution in [0, 0.1) is 17.2 Å². The highest BCUT2D eigenvalue weighted by atomic mass is 32.2. The van der Waals surface area contributed by atoms with Gasteiger partial charge < -0.3 is 10.2 Å². The van der Waals surface area contributed by atoms with Crippen molar-refractivity contribution in [3.05, 3.63) is 46.8 Å². The van der Waals surface area contributed by atoms with Gasteiger partial charge in [0.1, 0.15) is 16.0 Å². The molecule has 0 atom stereocenters. The lowest BCUT2D eigenvalue weighted by molar-refractivity contribution is -0.120. The summed E-state index contributed by atoms with van der Waals surface area (Å²) < 4.78 is 28.4. The number of thiophene rings is 1. The van der Waals surface area contributed by atoms with Crippen LogP contribution in [0.2, 0.25) is 0 Å². The molecule has 1 saturated heterocycles. The van der Waals surface area contributed by atoms with Gasteiger partial charge in [-0.15, -0.1) is 15.7 Å². The van der Waals surface area contributed by atoms with Crippen molar-refractivity contribution >= 4 is 38.1 Å². The molecular formula is C18H16N4O3S2. The van der Waals surface area contributed by atoms with Crippen LogP contribution in [0.3, 0.4) is 0 Å². The van der Waals surface area contributed by atoms with E-state index in [1.807, 2.05) is 4.90 Å². The highest BCUT2D eigenvalue weighted by Crippen LogP contribution is 2.30. The number of anilines is 1. The zero-order chi connectivity index (χ0) is 19.0. The largest absolute Gasteiger partial charge is 0.355 e. The molecular weight excluding hydrogens is 384 g/mol. The lowest BCUT2D eigenvalue weighted by Gasteiger charge is -2.32. The molecule has 0 radical (unpaired) electrons. The minimum Gasteiger partial charge on any atom is -0.355 e. The van der Waals surface area contributed by atoms with Crippen molar-refractivity contribution in [3.63, 3.8) is 0 Å². The van der Waals surface area contributed by atoms with Gasteiger partial charge in [0.15, 0.2) is 5.84 Å². The van der Waals surface area contributed by atoms with E-state index < -0.39 is 10.0 Å². The number of fused-ring (bicyclic) bond motifs is 1. The normalized spacial score (nSPS) is 18.5. The van der Waals surface area contributed by atoms with Crippen LogP contribution in [0.25, 0.3) is 0 Å². The number of nitriles is 1. The molecule has 3 heterocycles. The molecule has 1 N–H and O–H groups in total. The Morgan fingerprint density at radius 1 is 1.26 bits per heavy atom. The molecule has 27 heavy (non-hydrogen) atoms. The molecule has 0 spiro atoms. The monoisotopic (exact) mass is 400 g/mol. The van der Waals surface area contributed by atoms with E-state index in [1.54, 1.807) is 35.7 Å². The minimum atomic E-state index is -3.64. The van der Waals surface area contributed by atoms with Crippen LogP contribution in [-0.4, -0.2) is 38.2 Å². The van der Waals surface area contributed by atoms with Crippen molar-refractivity contribution in [2.24, 2.45) is 10.3 Å². The predicted molar refractivity (Wildman–Crippen MR) is 102 cm³/mol. The van der Waals surface area contributed by atoms with Crippen molar-refractivity contribution < 1.29 is 13.2 Å². The van der Waals surface area contributed by atoms with Gasteiger partial charge in [0.05, 0.1) is 5.56 Å². The minimum absolute atomic E-state index is 0.102. The molecule has 2 aromatic rings. The van der Waals surface area contributed by atoms with E-state index in [-0.39, 0.29) is 16.7 Å². The van der Waals surface area contributed by atoms with Gasteiger partial charge in [-0.2, -0.15) is 13.7 Å². The maximum absolute atomic E-state index is 12.5. The van der Waals surface area contributed by atoms with Gasteiger partial charge >= 0.3 is 0 Å². The summed E-state index contributed by atoms with van der Waals surface area (Å²) in [4.78, 5) is 14.7. The smallest absolute Gasteiger partial charge is 0.285 e. The number of hydrogen-bond donors (Lipinski definition) is 1. The van der Waals surface area contributed by atoms with Gasteiger partial charge in [0.25, 0.3) is 10.0 Å². The van der Waals surface area contributed by atoms with Gasteiger partial charge in [0, 0.05) is 24.6 Å². The van der Waals surface area contributed by atoms with Crippen molar-refractivity contribution in [1.29, 1.82) is 5.26 Å². The van der Waals surface area contributed by atoms with Crippen LogP contribution in [0.4, 0.5) is 5.00 Å². The second-order valence-corrected chi connectivity index (χ2v) is 8.90. The predicted octanol–water partition coefficient (Wildman–Crippen LogP) is 2.42. The lowest BCUT2D eigenvalue weighted by Crippen LogP contribution is -2.41. The Kier molecular flexibility index (Phi) is 4.45. The molecule has 7 nitrogen and oxygen atoms in total. The maximum Gasteiger partial charge on any atom is 0.285 e. The first kappa shape index (κ1) is 17.7. The Balaban J connectivity index is 1.44. The van der Waals surface area contributed by atoms with E-state index in [2.05, 4.69) is 15.8 Å². The molecule has 0 bridgehead atoms. The number of carbonyl (C=O) groups is 1. The van der Waals surface area contributed by atoms with Crippen LogP contribution in [0.5, 0.6) is 0 Å².